The van der Waals surface area contributed by atoms with Crippen LogP contribution < -0.4 is 9.80 Å². The summed E-state index contributed by atoms with van der Waals surface area (Å²) in [4.78, 5) is 4.91. The Morgan fingerprint density at radius 2 is 0.758 bits per heavy atom. The first kappa shape index (κ1) is 34.7. The molecule has 1 atom stereocenters. The van der Waals surface area contributed by atoms with Crippen LogP contribution in [-0.4, -0.2) is 0 Å². The molecule has 1 spiro atoms. The summed E-state index contributed by atoms with van der Waals surface area (Å²) >= 11 is 0. The van der Waals surface area contributed by atoms with Crippen LogP contribution in [0.1, 0.15) is 22.3 Å². The Labute approximate surface area is 360 Å². The third kappa shape index (κ3) is 4.76. The van der Waals surface area contributed by atoms with E-state index in [0.717, 1.165) is 56.4 Å². The van der Waals surface area contributed by atoms with Crippen molar-refractivity contribution in [2.24, 2.45) is 0 Å². The molecule has 0 radical (unpaired) electrons. The number of para-hydroxylation sites is 3. The van der Waals surface area contributed by atoms with Crippen LogP contribution in [0, 0.1) is 0 Å². The van der Waals surface area contributed by atoms with Gasteiger partial charge in [0.15, 0.2) is 0 Å². The number of benzene rings is 10. The quantitative estimate of drug-likeness (QED) is 0.167. The predicted octanol–water partition coefficient (Wildman–Crippen LogP) is 16.0. The van der Waals surface area contributed by atoms with Gasteiger partial charge in [-0.1, -0.05) is 176 Å². The predicted molar refractivity (Wildman–Crippen MR) is 257 cm³/mol. The molecular formula is C59H38N2O. The largest absolute Gasteiger partial charge is 0.456 e. The molecule has 11 aromatic rings. The van der Waals surface area contributed by atoms with Crippen molar-refractivity contribution in [3.05, 3.63) is 253 Å². The van der Waals surface area contributed by atoms with Crippen LogP contribution in [0.3, 0.4) is 0 Å². The minimum atomic E-state index is -0.683. The zero-order valence-electron chi connectivity index (χ0n) is 33.7. The maximum absolute atomic E-state index is 7.23. The van der Waals surface area contributed by atoms with Crippen molar-refractivity contribution in [3.63, 3.8) is 0 Å². The zero-order chi connectivity index (χ0) is 40.8. The lowest BCUT2D eigenvalue weighted by molar-refractivity contribution is 0.628. The highest BCUT2D eigenvalue weighted by molar-refractivity contribution is 6.10. The van der Waals surface area contributed by atoms with Gasteiger partial charge in [0.2, 0.25) is 0 Å². The molecule has 290 valence electrons. The van der Waals surface area contributed by atoms with E-state index in [0.29, 0.717) is 0 Å². The van der Waals surface area contributed by atoms with Crippen molar-refractivity contribution in [2.75, 3.05) is 9.80 Å². The first-order valence-corrected chi connectivity index (χ1v) is 21.4. The molecule has 13 rings (SSSR count). The van der Waals surface area contributed by atoms with Crippen LogP contribution in [0.25, 0.3) is 55.0 Å². The molecule has 1 heterocycles. The van der Waals surface area contributed by atoms with Gasteiger partial charge in [-0.3, -0.25) is 0 Å². The van der Waals surface area contributed by atoms with Gasteiger partial charge >= 0.3 is 0 Å². The lowest BCUT2D eigenvalue weighted by atomic mass is 9.70. The fourth-order valence-corrected chi connectivity index (χ4v) is 10.8. The van der Waals surface area contributed by atoms with Gasteiger partial charge in [0.1, 0.15) is 11.3 Å². The molecule has 0 bridgehead atoms. The van der Waals surface area contributed by atoms with E-state index < -0.39 is 5.41 Å². The Balaban J connectivity index is 1.15. The van der Waals surface area contributed by atoms with Gasteiger partial charge < -0.3 is 14.2 Å². The Hall–Kier alpha value is -8.14. The first-order chi connectivity index (χ1) is 30.8. The molecule has 0 saturated carbocycles. The smallest absolute Gasteiger partial charge is 0.142 e. The zero-order valence-corrected chi connectivity index (χ0v) is 33.7. The topological polar surface area (TPSA) is 19.6 Å². The average Bonchev–Trinajstić information content (AvgIpc) is 3.97. The van der Waals surface area contributed by atoms with Gasteiger partial charge in [0, 0.05) is 44.2 Å². The van der Waals surface area contributed by atoms with E-state index in [2.05, 4.69) is 240 Å². The highest BCUT2D eigenvalue weighted by Crippen LogP contribution is 2.68. The summed E-state index contributed by atoms with van der Waals surface area (Å²) in [7, 11) is 0. The van der Waals surface area contributed by atoms with Crippen LogP contribution >= 0.6 is 0 Å². The molecule has 62 heavy (non-hydrogen) atoms. The molecule has 3 nitrogen and oxygen atoms in total. The second-order valence-electron chi connectivity index (χ2n) is 16.3. The highest BCUT2D eigenvalue weighted by Gasteiger charge is 2.56. The van der Waals surface area contributed by atoms with Crippen LogP contribution in [0.4, 0.5) is 34.1 Å². The fraction of sp³-hybridized carbons (Fsp3) is 0.0169. The summed E-state index contributed by atoms with van der Waals surface area (Å²) < 4.78 is 7.23. The minimum Gasteiger partial charge on any atom is -0.456 e. The second kappa shape index (κ2) is 13.4. The normalized spacial score (nSPS) is 14.5. The number of anilines is 6. The van der Waals surface area contributed by atoms with Crippen molar-refractivity contribution in [1.82, 2.24) is 0 Å². The second-order valence-corrected chi connectivity index (χ2v) is 16.3. The van der Waals surface area contributed by atoms with Gasteiger partial charge in [0.25, 0.3) is 0 Å². The summed E-state index contributed by atoms with van der Waals surface area (Å²) in [5.74, 6) is 0.917. The van der Waals surface area contributed by atoms with Crippen LogP contribution in [-0.2, 0) is 5.41 Å². The monoisotopic (exact) mass is 790 g/mol. The van der Waals surface area contributed by atoms with Crippen LogP contribution in [0.5, 0.6) is 0 Å². The van der Waals surface area contributed by atoms with Crippen molar-refractivity contribution in [2.45, 2.75) is 5.41 Å². The van der Waals surface area contributed by atoms with Crippen molar-refractivity contribution in [1.29, 1.82) is 0 Å². The SMILES string of the molecule is c1ccc(N(c2cccc3c2-c2ccccc2C32c3cccc(N(c4ccccc4)c4cccc5ccccc45)c3-c3oc4ccccc4c32)c2cccc3ccccc23)cc1. The minimum absolute atomic E-state index is 0.683. The van der Waals surface area contributed by atoms with Gasteiger partial charge in [-0.15, -0.1) is 0 Å². The number of fused-ring (bicyclic) bond motifs is 14. The number of furan rings is 1. The van der Waals surface area contributed by atoms with E-state index in [1.807, 2.05) is 0 Å². The third-order valence-corrected chi connectivity index (χ3v) is 13.2. The summed E-state index contributed by atoms with van der Waals surface area (Å²) in [6.07, 6.45) is 0. The van der Waals surface area contributed by atoms with Gasteiger partial charge in [-0.25, -0.2) is 0 Å². The van der Waals surface area contributed by atoms with E-state index in [1.54, 1.807) is 0 Å². The Morgan fingerprint density at radius 3 is 1.39 bits per heavy atom. The highest BCUT2D eigenvalue weighted by atomic mass is 16.3. The molecule has 10 aromatic carbocycles. The maximum Gasteiger partial charge on any atom is 0.142 e. The molecule has 1 aromatic heterocycles. The van der Waals surface area contributed by atoms with E-state index >= 15 is 0 Å². The maximum atomic E-state index is 7.23. The number of nitrogens with zero attached hydrogens (tertiary/aromatic N) is 2. The number of hydrogen-bond donors (Lipinski definition) is 0. The standard InChI is InChI=1S/C59H38N2O/c1-3-23-41(24-4-1)60(50-34-15-21-39-19-7-9-27-43(39)50)52-36-17-32-48-55(52)45-29-11-13-31-47(45)59(48)49-33-18-37-53(56(49)58-57(59)46-30-12-14-38-54(46)62-58)61(42-25-5-2-6-26-42)51-35-16-22-40-20-8-10-28-44(40)51/h1-38H. The lowest BCUT2D eigenvalue weighted by Crippen LogP contribution is -2.26. The van der Waals surface area contributed by atoms with E-state index in [1.165, 1.54) is 54.9 Å². The molecular weight excluding hydrogens is 753 g/mol. The summed E-state index contributed by atoms with van der Waals surface area (Å²) in [5, 5.41) is 5.91. The lowest BCUT2D eigenvalue weighted by Gasteiger charge is -2.33. The van der Waals surface area contributed by atoms with Crippen molar-refractivity contribution < 1.29 is 4.42 Å². The molecule has 0 saturated heterocycles. The van der Waals surface area contributed by atoms with Crippen LogP contribution in [0.2, 0.25) is 0 Å². The van der Waals surface area contributed by atoms with Crippen LogP contribution in [0.15, 0.2) is 235 Å². The van der Waals surface area contributed by atoms with Gasteiger partial charge in [-0.2, -0.15) is 0 Å². The molecule has 0 N–H and O–H groups in total. The summed E-state index contributed by atoms with van der Waals surface area (Å²) in [6, 6.07) is 83.8. The van der Waals surface area contributed by atoms with E-state index in [-0.39, 0.29) is 0 Å². The Morgan fingerprint density at radius 1 is 0.323 bits per heavy atom. The average molecular weight is 791 g/mol. The Kier molecular flexibility index (Phi) is 7.52. The number of hydrogen-bond acceptors (Lipinski definition) is 3. The van der Waals surface area contributed by atoms with Gasteiger partial charge in [0.05, 0.1) is 28.2 Å². The Bertz CT molecular complexity index is 3540. The van der Waals surface area contributed by atoms with Crippen molar-refractivity contribution in [3.8, 4) is 22.5 Å². The van der Waals surface area contributed by atoms with E-state index in [9.17, 15) is 0 Å². The van der Waals surface area contributed by atoms with E-state index in [4.69, 9.17) is 4.42 Å². The first-order valence-electron chi connectivity index (χ1n) is 21.4. The summed E-state index contributed by atoms with van der Waals surface area (Å²) in [5.41, 5.74) is 15.3. The third-order valence-electron chi connectivity index (χ3n) is 13.2. The molecule has 0 aliphatic heterocycles. The van der Waals surface area contributed by atoms with Gasteiger partial charge in [-0.05, 0) is 87.6 Å². The molecule has 1 unspecified atom stereocenters. The molecule has 0 fully saturated rings. The number of rotatable bonds is 6. The summed E-state index contributed by atoms with van der Waals surface area (Å²) in [6.45, 7) is 0. The molecule has 2 aliphatic carbocycles. The molecule has 3 heteroatoms. The van der Waals surface area contributed by atoms with Crippen molar-refractivity contribution >= 4 is 66.6 Å². The fourth-order valence-electron chi connectivity index (χ4n) is 10.8. The molecule has 0 amide bonds. The molecule has 2 aliphatic rings.